The second-order valence-corrected chi connectivity index (χ2v) is 8.10. The summed E-state index contributed by atoms with van der Waals surface area (Å²) in [5, 5.41) is 29.8. The fourth-order valence-electron chi connectivity index (χ4n) is 3.69. The zero-order chi connectivity index (χ0) is 22.7. The molecular formula is C25H27FO5. The van der Waals surface area contributed by atoms with Gasteiger partial charge in [0.05, 0.1) is 18.6 Å². The largest absolute Gasteiger partial charge is 0.481 e. The van der Waals surface area contributed by atoms with Crippen LogP contribution in [0.1, 0.15) is 49.3 Å². The molecule has 0 bridgehead atoms. The summed E-state index contributed by atoms with van der Waals surface area (Å²) in [6.45, 7) is 6.12. The number of carbonyl (C=O) groups is 1. The number of benzene rings is 2. The van der Waals surface area contributed by atoms with Crippen LogP contribution in [-0.4, -0.2) is 33.5 Å². The molecule has 0 spiro atoms. The summed E-state index contributed by atoms with van der Waals surface area (Å²) < 4.78 is 19.7. The van der Waals surface area contributed by atoms with Crippen LogP contribution in [-0.2, 0) is 4.79 Å². The van der Waals surface area contributed by atoms with Crippen molar-refractivity contribution < 1.29 is 28.9 Å². The molecule has 6 heteroatoms. The Bertz CT molecular complexity index is 1100. The van der Waals surface area contributed by atoms with Crippen molar-refractivity contribution in [3.8, 4) is 11.3 Å². The Morgan fingerprint density at radius 3 is 2.42 bits per heavy atom. The van der Waals surface area contributed by atoms with Gasteiger partial charge in [-0.25, -0.2) is 4.39 Å². The Balaban J connectivity index is 2.10. The summed E-state index contributed by atoms with van der Waals surface area (Å²) >= 11 is 0. The Morgan fingerprint density at radius 2 is 1.81 bits per heavy atom. The van der Waals surface area contributed by atoms with Crippen LogP contribution >= 0.6 is 0 Å². The summed E-state index contributed by atoms with van der Waals surface area (Å²) in [5.41, 5.74) is 4.22. The maximum absolute atomic E-state index is 13.5. The number of halogens is 1. The fourth-order valence-corrected chi connectivity index (χ4v) is 3.69. The van der Waals surface area contributed by atoms with E-state index in [0.717, 1.165) is 27.7 Å². The van der Waals surface area contributed by atoms with Crippen LogP contribution in [0.5, 0.6) is 0 Å². The molecule has 5 nitrogen and oxygen atoms in total. The van der Waals surface area contributed by atoms with Crippen LogP contribution in [0, 0.1) is 12.7 Å². The smallest absolute Gasteiger partial charge is 0.305 e. The van der Waals surface area contributed by atoms with E-state index in [4.69, 9.17) is 9.52 Å². The average Bonchev–Trinajstić information content (AvgIpc) is 3.06. The van der Waals surface area contributed by atoms with E-state index in [2.05, 4.69) is 19.9 Å². The van der Waals surface area contributed by atoms with Crippen molar-refractivity contribution in [2.45, 2.75) is 51.7 Å². The average molecular weight is 426 g/mol. The van der Waals surface area contributed by atoms with E-state index in [1.165, 1.54) is 18.2 Å². The third-order valence-electron chi connectivity index (χ3n) is 5.24. The number of rotatable bonds is 8. The molecule has 1 heterocycles. The Hall–Kier alpha value is -2.96. The number of aliphatic carboxylic acids is 1. The number of hydrogen-bond acceptors (Lipinski definition) is 4. The molecule has 0 radical (unpaired) electrons. The summed E-state index contributed by atoms with van der Waals surface area (Å²) in [5.74, 6) is -0.698. The lowest BCUT2D eigenvalue weighted by Gasteiger charge is -2.11. The van der Waals surface area contributed by atoms with Crippen LogP contribution in [0.2, 0.25) is 0 Å². The van der Waals surface area contributed by atoms with Gasteiger partial charge in [0.2, 0.25) is 0 Å². The van der Waals surface area contributed by atoms with Gasteiger partial charge in [-0.05, 0) is 48.2 Å². The van der Waals surface area contributed by atoms with Crippen molar-refractivity contribution in [1.29, 1.82) is 0 Å². The minimum Gasteiger partial charge on any atom is -0.481 e. The summed E-state index contributed by atoms with van der Waals surface area (Å²) in [7, 11) is 0. The number of fused-ring (bicyclic) bond motifs is 1. The van der Waals surface area contributed by atoms with Crippen molar-refractivity contribution in [3.05, 3.63) is 65.0 Å². The van der Waals surface area contributed by atoms with E-state index in [1.807, 2.05) is 13.0 Å². The quantitative estimate of drug-likeness (QED) is 0.456. The maximum Gasteiger partial charge on any atom is 0.305 e. The second kappa shape index (κ2) is 9.45. The molecule has 3 N–H and O–H groups in total. The van der Waals surface area contributed by atoms with E-state index >= 15 is 0 Å². The Morgan fingerprint density at radius 1 is 1.13 bits per heavy atom. The number of carboxylic acid groups (broad SMARTS) is 1. The highest BCUT2D eigenvalue weighted by atomic mass is 19.1. The lowest BCUT2D eigenvalue weighted by atomic mass is 9.93. The lowest BCUT2D eigenvalue weighted by Crippen LogP contribution is -2.19. The van der Waals surface area contributed by atoms with Gasteiger partial charge in [-0.2, -0.15) is 0 Å². The number of carboxylic acids is 1. The van der Waals surface area contributed by atoms with Gasteiger partial charge >= 0.3 is 5.97 Å². The normalized spacial score (nSPS) is 13.9. The number of furan rings is 1. The van der Waals surface area contributed by atoms with Crippen molar-refractivity contribution in [2.75, 3.05) is 0 Å². The van der Waals surface area contributed by atoms with Gasteiger partial charge in [0.15, 0.2) is 0 Å². The molecule has 1 aromatic heterocycles. The molecule has 0 saturated heterocycles. The van der Waals surface area contributed by atoms with E-state index in [-0.39, 0.29) is 18.2 Å². The molecule has 0 aliphatic rings. The molecule has 0 unspecified atom stereocenters. The highest BCUT2D eigenvalue weighted by Crippen LogP contribution is 2.40. The van der Waals surface area contributed by atoms with Gasteiger partial charge in [0, 0.05) is 22.9 Å². The number of aliphatic hydroxyl groups is 2. The van der Waals surface area contributed by atoms with Gasteiger partial charge in [0.1, 0.15) is 17.2 Å². The van der Waals surface area contributed by atoms with E-state index in [0.29, 0.717) is 11.3 Å². The first-order valence-corrected chi connectivity index (χ1v) is 10.3. The van der Waals surface area contributed by atoms with Crippen molar-refractivity contribution in [3.63, 3.8) is 0 Å². The number of aryl methyl sites for hydroxylation is 1. The molecule has 0 saturated carbocycles. The monoisotopic (exact) mass is 426 g/mol. The maximum atomic E-state index is 13.5. The Labute approximate surface area is 180 Å². The zero-order valence-corrected chi connectivity index (χ0v) is 17.8. The molecule has 3 aromatic rings. The van der Waals surface area contributed by atoms with E-state index in [9.17, 15) is 19.4 Å². The summed E-state index contributed by atoms with van der Waals surface area (Å²) in [4.78, 5) is 10.7. The van der Waals surface area contributed by atoms with Gasteiger partial charge in [-0.3, -0.25) is 4.79 Å². The third kappa shape index (κ3) is 5.21. The molecule has 2 aromatic carbocycles. The standard InChI is InChI=1S/C25H27FO5/c1-14(2)20-10-4-15(3)24-23(20)21(11-9-18(27)12-19(28)13-22(29)30)25(31-24)16-5-7-17(26)8-6-16/h4-11,14,18-19,27-28H,12-13H2,1-3H3,(H,29,30)/t18-,19-/m1/s1. The molecule has 2 atom stereocenters. The highest BCUT2D eigenvalue weighted by molar-refractivity contribution is 5.98. The first-order chi connectivity index (χ1) is 14.7. The molecule has 3 rings (SSSR count). The van der Waals surface area contributed by atoms with E-state index < -0.39 is 24.6 Å². The summed E-state index contributed by atoms with van der Waals surface area (Å²) in [6.07, 6.45) is 0.538. The Kier molecular flexibility index (Phi) is 6.93. The molecular weight excluding hydrogens is 399 g/mol. The number of hydrogen-bond donors (Lipinski definition) is 3. The van der Waals surface area contributed by atoms with Crippen LogP contribution in [0.4, 0.5) is 4.39 Å². The van der Waals surface area contributed by atoms with Gasteiger partial charge in [0.25, 0.3) is 0 Å². The molecule has 164 valence electrons. The van der Waals surface area contributed by atoms with Gasteiger partial charge in [-0.15, -0.1) is 0 Å². The molecule has 0 amide bonds. The topological polar surface area (TPSA) is 90.9 Å². The first kappa shape index (κ1) is 22.7. The minimum atomic E-state index is -1.15. The molecule has 0 fully saturated rings. The highest BCUT2D eigenvalue weighted by Gasteiger charge is 2.20. The SMILES string of the molecule is Cc1ccc(C(C)C)c2c(C=C[C@@H](O)C[C@@H](O)CC(=O)O)c(-c3ccc(F)cc3)oc12. The van der Waals surface area contributed by atoms with Gasteiger partial charge < -0.3 is 19.7 Å². The van der Waals surface area contributed by atoms with Crippen LogP contribution in [0.25, 0.3) is 28.4 Å². The van der Waals surface area contributed by atoms with Crippen molar-refractivity contribution in [2.24, 2.45) is 0 Å². The molecule has 0 aliphatic heterocycles. The van der Waals surface area contributed by atoms with Crippen molar-refractivity contribution >= 4 is 23.0 Å². The fraction of sp³-hybridized carbons (Fsp3) is 0.320. The predicted octanol–water partition coefficient (Wildman–Crippen LogP) is 5.27. The summed E-state index contributed by atoms with van der Waals surface area (Å²) in [6, 6.07) is 10.1. The number of aliphatic hydroxyl groups excluding tert-OH is 2. The lowest BCUT2D eigenvalue weighted by molar-refractivity contribution is -0.139. The third-order valence-corrected chi connectivity index (χ3v) is 5.24. The van der Waals surface area contributed by atoms with Crippen molar-refractivity contribution in [1.82, 2.24) is 0 Å². The second-order valence-electron chi connectivity index (χ2n) is 8.10. The first-order valence-electron chi connectivity index (χ1n) is 10.3. The van der Waals surface area contributed by atoms with E-state index in [1.54, 1.807) is 18.2 Å². The molecule has 31 heavy (non-hydrogen) atoms. The predicted molar refractivity (Wildman–Crippen MR) is 118 cm³/mol. The van der Waals surface area contributed by atoms with Crippen LogP contribution < -0.4 is 0 Å². The van der Waals surface area contributed by atoms with Gasteiger partial charge in [-0.1, -0.05) is 38.1 Å². The molecule has 0 aliphatic carbocycles. The minimum absolute atomic E-state index is 0.0967. The van der Waals surface area contributed by atoms with Crippen LogP contribution in [0.15, 0.2) is 46.9 Å². The van der Waals surface area contributed by atoms with Crippen LogP contribution in [0.3, 0.4) is 0 Å². The zero-order valence-electron chi connectivity index (χ0n) is 17.8.